The van der Waals surface area contributed by atoms with E-state index in [0.717, 1.165) is 16.6 Å². The zero-order chi connectivity index (χ0) is 22.8. The van der Waals surface area contributed by atoms with Gasteiger partial charge in [0.1, 0.15) is 0 Å². The van der Waals surface area contributed by atoms with Gasteiger partial charge in [-0.25, -0.2) is 14.8 Å². The van der Waals surface area contributed by atoms with Crippen molar-refractivity contribution in [2.45, 2.75) is 20.8 Å². The standard InChI is InChI=1S/C24H25ClN4O3/c1-4-32-24(31)21-22(27-20-13-16(3)15(2)12-19(20)26-21)28-8-10-29(11-9-28)23(30)17-6-5-7-18(25)14-17/h5-7,12-14H,4,8-11H2,1-3H3. The maximum absolute atomic E-state index is 12.8. The lowest BCUT2D eigenvalue weighted by atomic mass is 10.1. The average Bonchev–Trinajstić information content (AvgIpc) is 2.79. The van der Waals surface area contributed by atoms with E-state index in [1.807, 2.05) is 30.9 Å². The monoisotopic (exact) mass is 452 g/mol. The third-order valence-corrected chi connectivity index (χ3v) is 5.90. The van der Waals surface area contributed by atoms with Crippen LogP contribution in [0.15, 0.2) is 36.4 Å². The molecule has 0 aliphatic carbocycles. The van der Waals surface area contributed by atoms with Crippen molar-refractivity contribution in [3.05, 3.63) is 63.8 Å². The number of carbonyl (C=O) groups excluding carboxylic acids is 2. The molecule has 2 aromatic carbocycles. The van der Waals surface area contributed by atoms with E-state index in [1.54, 1.807) is 36.1 Å². The minimum atomic E-state index is -0.493. The van der Waals surface area contributed by atoms with E-state index in [2.05, 4.69) is 4.98 Å². The molecule has 1 fully saturated rings. The molecule has 1 saturated heterocycles. The second-order valence-corrected chi connectivity index (χ2v) is 8.27. The van der Waals surface area contributed by atoms with E-state index in [1.165, 1.54) is 0 Å². The Hall–Kier alpha value is -3.19. The molecule has 7 nitrogen and oxygen atoms in total. The predicted octanol–water partition coefficient (Wildman–Crippen LogP) is 4.04. The summed E-state index contributed by atoms with van der Waals surface area (Å²) in [5.74, 6) is -0.0601. The highest BCUT2D eigenvalue weighted by molar-refractivity contribution is 6.30. The number of hydrogen-bond acceptors (Lipinski definition) is 6. The van der Waals surface area contributed by atoms with Gasteiger partial charge in [-0.2, -0.15) is 0 Å². The van der Waals surface area contributed by atoms with Crippen LogP contribution in [0.1, 0.15) is 38.9 Å². The number of benzene rings is 2. The number of rotatable bonds is 4. The number of carbonyl (C=O) groups is 2. The third kappa shape index (κ3) is 4.39. The highest BCUT2D eigenvalue weighted by Gasteiger charge is 2.28. The summed E-state index contributed by atoms with van der Waals surface area (Å²) in [5.41, 5.74) is 4.36. The molecule has 0 unspecified atom stereocenters. The number of anilines is 1. The fourth-order valence-electron chi connectivity index (χ4n) is 3.78. The zero-order valence-corrected chi connectivity index (χ0v) is 19.1. The van der Waals surface area contributed by atoms with Gasteiger partial charge in [0.25, 0.3) is 5.91 Å². The van der Waals surface area contributed by atoms with Crippen molar-refractivity contribution in [2.24, 2.45) is 0 Å². The number of fused-ring (bicyclic) bond motifs is 1. The topological polar surface area (TPSA) is 75.6 Å². The lowest BCUT2D eigenvalue weighted by molar-refractivity contribution is 0.0519. The Labute approximate surface area is 192 Å². The molecule has 8 heteroatoms. The summed E-state index contributed by atoms with van der Waals surface area (Å²) in [6, 6.07) is 10.9. The number of halogens is 1. The van der Waals surface area contributed by atoms with Crippen molar-refractivity contribution in [3.8, 4) is 0 Å². The highest BCUT2D eigenvalue weighted by atomic mass is 35.5. The summed E-state index contributed by atoms with van der Waals surface area (Å²) in [6.45, 7) is 8.11. The number of aromatic nitrogens is 2. The fraction of sp³-hybridized carbons (Fsp3) is 0.333. The van der Waals surface area contributed by atoms with Gasteiger partial charge in [-0.05, 0) is 62.2 Å². The van der Waals surface area contributed by atoms with Gasteiger partial charge in [0.15, 0.2) is 11.5 Å². The number of aryl methyl sites for hydroxylation is 2. The van der Waals surface area contributed by atoms with Gasteiger partial charge < -0.3 is 14.5 Å². The normalized spacial score (nSPS) is 14.0. The van der Waals surface area contributed by atoms with Gasteiger partial charge in [-0.15, -0.1) is 0 Å². The number of piperazine rings is 1. The van der Waals surface area contributed by atoms with Gasteiger partial charge in [-0.3, -0.25) is 4.79 Å². The molecule has 1 aliphatic rings. The number of nitrogens with zero attached hydrogens (tertiary/aromatic N) is 4. The van der Waals surface area contributed by atoms with Crippen LogP contribution in [-0.4, -0.2) is 59.5 Å². The first-order chi connectivity index (χ1) is 15.4. The van der Waals surface area contributed by atoms with E-state index in [9.17, 15) is 9.59 Å². The number of esters is 1. The smallest absolute Gasteiger partial charge is 0.360 e. The van der Waals surface area contributed by atoms with E-state index in [4.69, 9.17) is 21.3 Å². The van der Waals surface area contributed by atoms with Crippen molar-refractivity contribution in [1.29, 1.82) is 0 Å². The van der Waals surface area contributed by atoms with Crippen molar-refractivity contribution in [3.63, 3.8) is 0 Å². The van der Waals surface area contributed by atoms with Gasteiger partial charge >= 0.3 is 5.97 Å². The molecule has 1 aromatic heterocycles. The number of amides is 1. The molecule has 1 aliphatic heterocycles. The van der Waals surface area contributed by atoms with Gasteiger partial charge in [0, 0.05) is 36.8 Å². The Morgan fingerprint density at radius 3 is 2.28 bits per heavy atom. The van der Waals surface area contributed by atoms with Crippen molar-refractivity contribution < 1.29 is 14.3 Å². The van der Waals surface area contributed by atoms with Crippen molar-refractivity contribution in [2.75, 3.05) is 37.7 Å². The second kappa shape index (κ2) is 9.12. The molecule has 1 amide bonds. The molecular weight excluding hydrogens is 428 g/mol. The highest BCUT2D eigenvalue weighted by Crippen LogP contribution is 2.25. The van der Waals surface area contributed by atoms with Crippen LogP contribution in [0.3, 0.4) is 0 Å². The van der Waals surface area contributed by atoms with E-state index in [0.29, 0.717) is 48.1 Å². The maximum Gasteiger partial charge on any atom is 0.360 e. The van der Waals surface area contributed by atoms with E-state index < -0.39 is 5.97 Å². The summed E-state index contributed by atoms with van der Waals surface area (Å²) in [7, 11) is 0. The molecule has 0 atom stereocenters. The molecule has 3 aromatic rings. The van der Waals surface area contributed by atoms with Crippen LogP contribution in [0.4, 0.5) is 5.82 Å². The first-order valence-electron chi connectivity index (χ1n) is 10.6. The van der Waals surface area contributed by atoms with Crippen LogP contribution < -0.4 is 4.90 Å². The Balaban J connectivity index is 1.61. The van der Waals surface area contributed by atoms with Crippen LogP contribution >= 0.6 is 11.6 Å². The first-order valence-corrected chi connectivity index (χ1v) is 11.0. The van der Waals surface area contributed by atoms with Crippen LogP contribution in [0.2, 0.25) is 5.02 Å². The Morgan fingerprint density at radius 2 is 1.66 bits per heavy atom. The summed E-state index contributed by atoms with van der Waals surface area (Å²) >= 11 is 6.03. The molecule has 2 heterocycles. The van der Waals surface area contributed by atoms with E-state index >= 15 is 0 Å². The molecule has 0 radical (unpaired) electrons. The van der Waals surface area contributed by atoms with Crippen molar-refractivity contribution in [1.82, 2.24) is 14.9 Å². The minimum absolute atomic E-state index is 0.0616. The second-order valence-electron chi connectivity index (χ2n) is 7.83. The van der Waals surface area contributed by atoms with E-state index in [-0.39, 0.29) is 18.2 Å². The average molecular weight is 453 g/mol. The van der Waals surface area contributed by atoms with Crippen LogP contribution in [0.25, 0.3) is 11.0 Å². The summed E-state index contributed by atoms with van der Waals surface area (Å²) in [5, 5.41) is 0.533. The van der Waals surface area contributed by atoms with Gasteiger partial charge in [-0.1, -0.05) is 17.7 Å². The van der Waals surface area contributed by atoms with Crippen LogP contribution in [0, 0.1) is 13.8 Å². The van der Waals surface area contributed by atoms with Gasteiger partial charge in [0.05, 0.1) is 17.6 Å². The minimum Gasteiger partial charge on any atom is -0.461 e. The third-order valence-electron chi connectivity index (χ3n) is 5.67. The molecule has 4 rings (SSSR count). The SMILES string of the molecule is CCOC(=O)c1nc2cc(C)c(C)cc2nc1N1CCN(C(=O)c2cccc(Cl)c2)CC1. The summed E-state index contributed by atoms with van der Waals surface area (Å²) in [4.78, 5) is 38.7. The van der Waals surface area contributed by atoms with Crippen LogP contribution in [-0.2, 0) is 4.74 Å². The Kier molecular flexibility index (Phi) is 6.28. The lowest BCUT2D eigenvalue weighted by Crippen LogP contribution is -2.49. The molecule has 0 spiro atoms. The molecule has 32 heavy (non-hydrogen) atoms. The number of hydrogen-bond donors (Lipinski definition) is 0. The predicted molar refractivity (Wildman–Crippen MR) is 125 cm³/mol. The lowest BCUT2D eigenvalue weighted by Gasteiger charge is -2.36. The van der Waals surface area contributed by atoms with Crippen molar-refractivity contribution >= 4 is 40.3 Å². The van der Waals surface area contributed by atoms with Gasteiger partial charge in [0.2, 0.25) is 0 Å². The maximum atomic E-state index is 12.8. The molecule has 0 N–H and O–H groups in total. The Morgan fingerprint density at radius 1 is 1.00 bits per heavy atom. The molecule has 0 saturated carbocycles. The zero-order valence-electron chi connectivity index (χ0n) is 18.4. The van der Waals surface area contributed by atoms with Crippen LogP contribution in [0.5, 0.6) is 0 Å². The molecule has 166 valence electrons. The fourth-order valence-corrected chi connectivity index (χ4v) is 3.97. The summed E-state index contributed by atoms with van der Waals surface area (Å²) < 4.78 is 5.25. The Bertz CT molecular complexity index is 1190. The first kappa shape index (κ1) is 22.0. The quantitative estimate of drug-likeness (QED) is 0.556. The molecular formula is C24H25ClN4O3. The number of ether oxygens (including phenoxy) is 1. The molecule has 0 bridgehead atoms. The largest absolute Gasteiger partial charge is 0.461 e. The summed E-state index contributed by atoms with van der Waals surface area (Å²) in [6.07, 6.45) is 0.